The third kappa shape index (κ3) is 6.15. The van der Waals surface area contributed by atoms with Gasteiger partial charge in [-0.05, 0) is 36.8 Å². The van der Waals surface area contributed by atoms with Crippen molar-refractivity contribution in [1.29, 1.82) is 0 Å². The van der Waals surface area contributed by atoms with Crippen LogP contribution in [-0.2, 0) is 4.79 Å². The topological polar surface area (TPSA) is 82.5 Å². The summed E-state index contributed by atoms with van der Waals surface area (Å²) in [6, 6.07) is 2.94. The van der Waals surface area contributed by atoms with Crippen LogP contribution in [0.5, 0.6) is 0 Å². The van der Waals surface area contributed by atoms with E-state index in [4.69, 9.17) is 5.11 Å². The summed E-state index contributed by atoms with van der Waals surface area (Å²) in [6.45, 7) is 2.61. The molecule has 0 radical (unpaired) electrons. The van der Waals surface area contributed by atoms with Gasteiger partial charge in [-0.2, -0.15) is 0 Å². The van der Waals surface area contributed by atoms with E-state index < -0.39 is 23.6 Å². The van der Waals surface area contributed by atoms with E-state index in [0.29, 0.717) is 21.8 Å². The molecule has 162 valence electrons. The van der Waals surface area contributed by atoms with Crippen molar-refractivity contribution in [2.45, 2.75) is 36.8 Å². The molecule has 1 heterocycles. The molecule has 3 rings (SSSR count). The van der Waals surface area contributed by atoms with Crippen molar-refractivity contribution < 1.29 is 23.5 Å². The molecule has 1 aliphatic rings. The number of nitrogens with zero attached hydrogens (tertiary/aromatic N) is 2. The molecule has 1 aromatic carbocycles. The normalized spacial score (nSPS) is 18.8. The van der Waals surface area contributed by atoms with Gasteiger partial charge in [0, 0.05) is 18.3 Å². The number of aliphatic carboxylic acids is 1. The molecule has 0 unspecified atom stereocenters. The molecule has 0 saturated heterocycles. The van der Waals surface area contributed by atoms with E-state index in [1.807, 2.05) is 0 Å². The highest BCUT2D eigenvalue weighted by Crippen LogP contribution is 2.32. The molecule has 1 saturated carbocycles. The number of carbonyl (C=O) groups excluding carboxylic acids is 1. The lowest BCUT2D eigenvalue weighted by Crippen LogP contribution is -2.39. The molecule has 0 atom stereocenters. The molecule has 0 spiro atoms. The summed E-state index contributed by atoms with van der Waals surface area (Å²) in [5.74, 6) is -2.08. The molecule has 1 fully saturated rings. The summed E-state index contributed by atoms with van der Waals surface area (Å²) in [6.07, 6.45) is 5.60. The van der Waals surface area contributed by atoms with Gasteiger partial charge in [-0.25, -0.2) is 18.6 Å². The fourth-order valence-corrected chi connectivity index (χ4v) is 4.99. The number of thiazole rings is 1. The number of carboxylic acid groups (broad SMARTS) is 1. The van der Waals surface area contributed by atoms with Crippen LogP contribution in [-0.4, -0.2) is 34.4 Å². The van der Waals surface area contributed by atoms with Gasteiger partial charge in [0.05, 0.1) is 16.2 Å². The van der Waals surface area contributed by atoms with E-state index >= 15 is 0 Å². The largest absolute Gasteiger partial charge is 0.481 e. The Bertz CT molecular complexity index is 901. The summed E-state index contributed by atoms with van der Waals surface area (Å²) in [4.78, 5) is 29.2. The Hall–Kier alpha value is -2.20. The maximum Gasteiger partial charge on any atom is 0.328 e. The van der Waals surface area contributed by atoms with Gasteiger partial charge in [0.1, 0.15) is 0 Å². The zero-order chi connectivity index (χ0) is 21.7. The van der Waals surface area contributed by atoms with Crippen molar-refractivity contribution in [2.75, 3.05) is 22.5 Å². The Kier molecular flexibility index (Phi) is 7.65. The molecule has 10 heteroatoms. The summed E-state index contributed by atoms with van der Waals surface area (Å²) in [5.41, 5.74) is 0.280. The number of halogens is 2. The Balaban J connectivity index is 1.74. The van der Waals surface area contributed by atoms with Gasteiger partial charge in [-0.15, -0.1) is 11.8 Å². The molecular formula is C20H23F2N3O3S2. The second-order valence-electron chi connectivity index (χ2n) is 7.43. The molecule has 1 aromatic heterocycles. The van der Waals surface area contributed by atoms with Crippen LogP contribution < -0.4 is 10.2 Å². The van der Waals surface area contributed by atoms with Crippen LogP contribution in [0, 0.1) is 23.5 Å². The number of carboxylic acids is 1. The molecule has 2 aromatic rings. The molecule has 1 aliphatic carbocycles. The van der Waals surface area contributed by atoms with Gasteiger partial charge in [-0.3, -0.25) is 15.0 Å². The van der Waals surface area contributed by atoms with E-state index in [-0.39, 0.29) is 17.4 Å². The van der Waals surface area contributed by atoms with Crippen molar-refractivity contribution in [3.8, 4) is 0 Å². The lowest BCUT2D eigenvalue weighted by Gasteiger charge is -2.31. The first kappa shape index (κ1) is 22.5. The Labute approximate surface area is 181 Å². The van der Waals surface area contributed by atoms with Gasteiger partial charge < -0.3 is 5.11 Å². The van der Waals surface area contributed by atoms with Crippen molar-refractivity contribution in [2.24, 2.45) is 11.8 Å². The highest BCUT2D eigenvalue weighted by molar-refractivity contribution is 8.01. The predicted octanol–water partition coefficient (Wildman–Crippen LogP) is 5.46. The second-order valence-corrected chi connectivity index (χ2v) is 9.74. The Morgan fingerprint density at radius 3 is 2.67 bits per heavy atom. The van der Waals surface area contributed by atoms with Gasteiger partial charge in [0.2, 0.25) is 0 Å². The Morgan fingerprint density at radius 2 is 2.00 bits per heavy atom. The monoisotopic (exact) mass is 455 g/mol. The van der Waals surface area contributed by atoms with E-state index in [2.05, 4.69) is 17.2 Å². The zero-order valence-electron chi connectivity index (χ0n) is 16.4. The standard InChI is InChI=1S/C20H23F2N3O3S2/c1-12-2-4-13(5-3-12)10-25(14-6-7-15(21)16(22)8-14)20(28)24-19-23-9-18(30-19)29-11-17(26)27/h6-9,12-13H,2-5,10-11H2,1H3,(H,26,27)(H,23,24,28). The van der Waals surface area contributed by atoms with Crippen molar-refractivity contribution >= 4 is 45.9 Å². The van der Waals surface area contributed by atoms with Gasteiger partial charge >= 0.3 is 12.0 Å². The van der Waals surface area contributed by atoms with Crippen molar-refractivity contribution in [1.82, 2.24) is 4.98 Å². The van der Waals surface area contributed by atoms with Gasteiger partial charge in [0.15, 0.2) is 16.8 Å². The fraction of sp³-hybridized carbons (Fsp3) is 0.450. The third-order valence-corrected chi connectivity index (χ3v) is 7.16. The maximum absolute atomic E-state index is 13.8. The highest BCUT2D eigenvalue weighted by atomic mass is 32.2. The van der Waals surface area contributed by atoms with E-state index in [1.54, 1.807) is 0 Å². The first-order valence-electron chi connectivity index (χ1n) is 9.65. The maximum atomic E-state index is 13.8. The minimum atomic E-state index is -1.01. The molecule has 30 heavy (non-hydrogen) atoms. The minimum Gasteiger partial charge on any atom is -0.481 e. The van der Waals surface area contributed by atoms with Crippen LogP contribution in [0.3, 0.4) is 0 Å². The lowest BCUT2D eigenvalue weighted by atomic mass is 9.83. The van der Waals surface area contributed by atoms with Crippen LogP contribution in [0.4, 0.5) is 24.4 Å². The average molecular weight is 456 g/mol. The molecule has 0 bridgehead atoms. The fourth-order valence-electron chi connectivity index (χ4n) is 3.40. The van der Waals surface area contributed by atoms with Crippen molar-refractivity contribution in [3.05, 3.63) is 36.0 Å². The number of thioether (sulfide) groups is 1. The quantitative estimate of drug-likeness (QED) is 0.542. The lowest BCUT2D eigenvalue weighted by molar-refractivity contribution is -0.133. The van der Waals surface area contributed by atoms with Crippen LogP contribution in [0.1, 0.15) is 32.6 Å². The number of amides is 2. The third-order valence-electron chi connectivity index (χ3n) is 5.07. The number of nitrogens with one attached hydrogen (secondary N) is 1. The van der Waals surface area contributed by atoms with Crippen molar-refractivity contribution in [3.63, 3.8) is 0 Å². The molecule has 2 N–H and O–H groups in total. The van der Waals surface area contributed by atoms with E-state index in [0.717, 1.165) is 60.9 Å². The molecule has 0 aliphatic heterocycles. The Morgan fingerprint density at radius 1 is 1.27 bits per heavy atom. The number of carbonyl (C=O) groups is 2. The zero-order valence-corrected chi connectivity index (χ0v) is 18.1. The van der Waals surface area contributed by atoms with Gasteiger partial charge in [-0.1, -0.05) is 31.1 Å². The molecule has 2 amide bonds. The van der Waals surface area contributed by atoms with Crippen LogP contribution >= 0.6 is 23.1 Å². The predicted molar refractivity (Wildman–Crippen MR) is 114 cm³/mol. The summed E-state index contributed by atoms with van der Waals surface area (Å²) in [7, 11) is 0. The van der Waals surface area contributed by atoms with Crippen LogP contribution in [0.15, 0.2) is 28.6 Å². The number of benzene rings is 1. The summed E-state index contributed by atoms with van der Waals surface area (Å²) in [5, 5.41) is 11.8. The SMILES string of the molecule is CC1CCC(CN(C(=O)Nc2ncc(SCC(=O)O)s2)c2ccc(F)c(F)c2)CC1. The number of anilines is 2. The first-order chi connectivity index (χ1) is 14.3. The smallest absolute Gasteiger partial charge is 0.328 e. The van der Waals surface area contributed by atoms with Crippen LogP contribution in [0.2, 0.25) is 0 Å². The highest BCUT2D eigenvalue weighted by Gasteiger charge is 2.25. The van der Waals surface area contributed by atoms with E-state index in [1.165, 1.54) is 17.2 Å². The van der Waals surface area contributed by atoms with E-state index in [9.17, 15) is 18.4 Å². The molecular weight excluding hydrogens is 432 g/mol. The number of rotatable bonds is 7. The second kappa shape index (κ2) is 10.2. The number of urea groups is 1. The molecule has 6 nitrogen and oxygen atoms in total. The number of hydrogen-bond acceptors (Lipinski definition) is 5. The number of aromatic nitrogens is 1. The average Bonchev–Trinajstić information content (AvgIpc) is 3.15. The number of hydrogen-bond donors (Lipinski definition) is 2. The van der Waals surface area contributed by atoms with Crippen LogP contribution in [0.25, 0.3) is 0 Å². The van der Waals surface area contributed by atoms with Gasteiger partial charge in [0.25, 0.3) is 0 Å². The minimum absolute atomic E-state index is 0.101. The summed E-state index contributed by atoms with van der Waals surface area (Å²) < 4.78 is 27.9. The summed E-state index contributed by atoms with van der Waals surface area (Å²) >= 11 is 2.28. The first-order valence-corrected chi connectivity index (χ1v) is 11.5.